The van der Waals surface area contributed by atoms with Crippen molar-refractivity contribution < 1.29 is 9.59 Å². The van der Waals surface area contributed by atoms with E-state index in [4.69, 9.17) is 11.6 Å². The Labute approximate surface area is 141 Å². The predicted molar refractivity (Wildman–Crippen MR) is 86.6 cm³/mol. The van der Waals surface area contributed by atoms with Crippen LogP contribution in [-0.4, -0.2) is 52.2 Å². The highest BCUT2D eigenvalue weighted by Gasteiger charge is 2.35. The maximum absolute atomic E-state index is 12.4. The Morgan fingerprint density at radius 3 is 1.86 bits per heavy atom. The number of benzene rings is 1. The normalized spacial score (nSPS) is 18.4. The Morgan fingerprint density at radius 2 is 1.41 bits per heavy atom. The highest BCUT2D eigenvalue weighted by atomic mass is 35.5. The molecular weight excluding hydrogens is 325 g/mol. The maximum Gasteiger partial charge on any atom is 0.255 e. The van der Waals surface area contributed by atoms with Gasteiger partial charge < -0.3 is 0 Å². The van der Waals surface area contributed by atoms with Crippen molar-refractivity contribution in [1.29, 1.82) is 0 Å². The summed E-state index contributed by atoms with van der Waals surface area (Å²) in [5.74, 6) is 0.493. The van der Waals surface area contributed by atoms with Crippen molar-refractivity contribution in [2.75, 3.05) is 25.5 Å². The molecule has 2 amide bonds. The number of hydrogen-bond donors (Lipinski definition) is 0. The third kappa shape index (κ3) is 3.37. The first kappa shape index (κ1) is 17.1. The number of alkyl halides is 1. The molecule has 2 heterocycles. The minimum absolute atomic E-state index is 0. The van der Waals surface area contributed by atoms with Crippen LogP contribution < -0.4 is 0 Å². The number of carbonyl (C=O) groups is 2. The van der Waals surface area contributed by atoms with Gasteiger partial charge in [-0.2, -0.15) is 0 Å². The summed E-state index contributed by atoms with van der Waals surface area (Å²) in [6.07, 6.45) is 0.780. The SMILES string of the molecule is Cl.O=C1CN(CCCCl)CC(=O)N2Cc3ccccc3CN12. The fourth-order valence-electron chi connectivity index (χ4n) is 2.85. The van der Waals surface area contributed by atoms with E-state index in [9.17, 15) is 9.59 Å². The van der Waals surface area contributed by atoms with Gasteiger partial charge in [0.25, 0.3) is 11.8 Å². The number of rotatable bonds is 3. The number of hydrogen-bond acceptors (Lipinski definition) is 3. The standard InChI is InChI=1S/C15H18ClN3O2.ClH/c16-6-3-7-17-10-14(20)18-8-12-4-1-2-5-13(12)9-19(18)15(21)11-17;/h1-2,4-5H,3,6-11H2;1H. The molecule has 3 rings (SSSR count). The minimum atomic E-state index is -0.0232. The zero-order valence-electron chi connectivity index (χ0n) is 12.2. The monoisotopic (exact) mass is 343 g/mol. The first-order chi connectivity index (χ1) is 10.2. The summed E-state index contributed by atoms with van der Waals surface area (Å²) in [6.45, 7) is 2.19. The average Bonchev–Trinajstić information content (AvgIpc) is 2.61. The van der Waals surface area contributed by atoms with Crippen molar-refractivity contribution in [2.45, 2.75) is 19.5 Å². The van der Waals surface area contributed by atoms with Gasteiger partial charge in [0.2, 0.25) is 0 Å². The molecule has 0 spiro atoms. The van der Waals surface area contributed by atoms with E-state index in [0.29, 0.717) is 25.5 Å². The lowest BCUT2D eigenvalue weighted by Gasteiger charge is -2.37. The van der Waals surface area contributed by atoms with Crippen molar-refractivity contribution in [3.05, 3.63) is 35.4 Å². The fraction of sp³-hybridized carbons (Fsp3) is 0.467. The maximum atomic E-state index is 12.4. The molecular formula is C15H19Cl2N3O2. The molecule has 1 aromatic carbocycles. The molecule has 0 unspecified atom stereocenters. The number of nitrogens with zero attached hydrogens (tertiary/aromatic N) is 3. The van der Waals surface area contributed by atoms with Crippen molar-refractivity contribution >= 4 is 35.8 Å². The highest BCUT2D eigenvalue weighted by Crippen LogP contribution is 2.24. The predicted octanol–water partition coefficient (Wildman–Crippen LogP) is 1.64. The highest BCUT2D eigenvalue weighted by molar-refractivity contribution is 6.17. The van der Waals surface area contributed by atoms with Crippen LogP contribution in [0.3, 0.4) is 0 Å². The summed E-state index contributed by atoms with van der Waals surface area (Å²) in [5.41, 5.74) is 2.23. The molecule has 1 aromatic rings. The first-order valence-electron chi connectivity index (χ1n) is 7.15. The van der Waals surface area contributed by atoms with Crippen LogP contribution in [0.25, 0.3) is 0 Å². The summed E-state index contributed by atoms with van der Waals surface area (Å²) in [7, 11) is 0. The van der Waals surface area contributed by atoms with E-state index >= 15 is 0 Å². The van der Waals surface area contributed by atoms with Crippen molar-refractivity contribution in [1.82, 2.24) is 14.9 Å². The molecule has 0 aliphatic carbocycles. The van der Waals surface area contributed by atoms with Gasteiger partial charge in [0.05, 0.1) is 26.2 Å². The average molecular weight is 344 g/mol. The van der Waals surface area contributed by atoms with Crippen LogP contribution in [0.15, 0.2) is 24.3 Å². The van der Waals surface area contributed by atoms with E-state index in [0.717, 1.165) is 17.5 Å². The quantitative estimate of drug-likeness (QED) is 0.783. The van der Waals surface area contributed by atoms with E-state index in [1.54, 1.807) is 10.0 Å². The number of hydrazine groups is 1. The molecule has 22 heavy (non-hydrogen) atoms. The summed E-state index contributed by atoms with van der Waals surface area (Å²) in [5, 5.41) is 3.18. The second kappa shape index (κ2) is 7.31. The van der Waals surface area contributed by atoms with Crippen LogP contribution in [0.4, 0.5) is 0 Å². The van der Waals surface area contributed by atoms with E-state index < -0.39 is 0 Å². The summed E-state index contributed by atoms with van der Waals surface area (Å²) in [6, 6.07) is 7.96. The number of amides is 2. The zero-order valence-corrected chi connectivity index (χ0v) is 13.8. The van der Waals surface area contributed by atoms with Crippen LogP contribution in [0, 0.1) is 0 Å². The van der Waals surface area contributed by atoms with E-state index in [-0.39, 0.29) is 37.3 Å². The van der Waals surface area contributed by atoms with Crippen LogP contribution in [0.1, 0.15) is 17.5 Å². The van der Waals surface area contributed by atoms with Gasteiger partial charge in [-0.3, -0.25) is 14.5 Å². The Morgan fingerprint density at radius 1 is 0.909 bits per heavy atom. The Bertz CT molecular complexity index is 522. The van der Waals surface area contributed by atoms with Crippen LogP contribution >= 0.6 is 24.0 Å². The van der Waals surface area contributed by atoms with Crippen LogP contribution in [-0.2, 0) is 22.7 Å². The lowest BCUT2D eigenvalue weighted by molar-refractivity contribution is -0.164. The van der Waals surface area contributed by atoms with Crippen LogP contribution in [0.5, 0.6) is 0 Å². The van der Waals surface area contributed by atoms with Crippen molar-refractivity contribution in [2.24, 2.45) is 0 Å². The molecule has 0 aromatic heterocycles. The van der Waals surface area contributed by atoms with Crippen molar-refractivity contribution in [3.63, 3.8) is 0 Å². The molecule has 5 nitrogen and oxygen atoms in total. The Balaban J connectivity index is 0.00000176. The summed E-state index contributed by atoms with van der Waals surface area (Å²) >= 11 is 5.70. The molecule has 2 aliphatic rings. The lowest BCUT2D eigenvalue weighted by atomic mass is 10.1. The van der Waals surface area contributed by atoms with Gasteiger partial charge in [0.15, 0.2) is 0 Å². The molecule has 0 radical (unpaired) electrons. The second-order valence-corrected chi connectivity index (χ2v) is 5.80. The van der Waals surface area contributed by atoms with Gasteiger partial charge >= 0.3 is 0 Å². The molecule has 0 saturated carbocycles. The molecule has 1 fully saturated rings. The molecule has 0 bridgehead atoms. The Kier molecular flexibility index (Phi) is 5.67. The second-order valence-electron chi connectivity index (χ2n) is 5.42. The van der Waals surface area contributed by atoms with Gasteiger partial charge in [-0.05, 0) is 17.5 Å². The van der Waals surface area contributed by atoms with Gasteiger partial charge in [0.1, 0.15) is 0 Å². The lowest BCUT2D eigenvalue weighted by Crippen LogP contribution is -2.50. The Hall–Kier alpha value is -1.30. The molecule has 0 N–H and O–H groups in total. The summed E-state index contributed by atoms with van der Waals surface area (Å²) < 4.78 is 0. The molecule has 7 heteroatoms. The minimum Gasteiger partial charge on any atom is -0.285 e. The smallest absolute Gasteiger partial charge is 0.255 e. The van der Waals surface area contributed by atoms with Crippen LogP contribution in [0.2, 0.25) is 0 Å². The van der Waals surface area contributed by atoms with Crippen molar-refractivity contribution in [3.8, 4) is 0 Å². The molecule has 0 atom stereocenters. The fourth-order valence-corrected chi connectivity index (χ4v) is 2.97. The van der Waals surface area contributed by atoms with E-state index in [1.165, 1.54) is 0 Å². The van der Waals surface area contributed by atoms with Gasteiger partial charge in [-0.15, -0.1) is 24.0 Å². The van der Waals surface area contributed by atoms with E-state index in [2.05, 4.69) is 0 Å². The number of halogens is 2. The largest absolute Gasteiger partial charge is 0.285 e. The first-order valence-corrected chi connectivity index (χ1v) is 7.68. The number of carbonyl (C=O) groups excluding carboxylic acids is 2. The molecule has 120 valence electrons. The van der Waals surface area contributed by atoms with E-state index in [1.807, 2.05) is 29.2 Å². The third-order valence-corrected chi connectivity index (χ3v) is 4.22. The topological polar surface area (TPSA) is 43.9 Å². The third-order valence-electron chi connectivity index (χ3n) is 3.95. The molecule has 2 aliphatic heterocycles. The van der Waals surface area contributed by atoms with Gasteiger partial charge in [-0.1, -0.05) is 24.3 Å². The molecule has 1 saturated heterocycles. The zero-order chi connectivity index (χ0) is 14.8. The number of fused-ring (bicyclic) bond motifs is 2. The van der Waals surface area contributed by atoms with Gasteiger partial charge in [0, 0.05) is 12.4 Å². The summed E-state index contributed by atoms with van der Waals surface area (Å²) in [4.78, 5) is 26.8. The van der Waals surface area contributed by atoms with Gasteiger partial charge in [-0.25, -0.2) is 10.0 Å².